The number of hydrogen-bond donors (Lipinski definition) is 2. The number of carbonyl (C=O) groups excluding carboxylic acids is 1. The molecule has 0 aromatic heterocycles. The molecular formula is C23H36N4O2. The minimum atomic E-state index is -0.209. The van der Waals surface area contributed by atoms with Crippen molar-refractivity contribution in [3.05, 3.63) is 29.8 Å². The van der Waals surface area contributed by atoms with Crippen LogP contribution in [0, 0.1) is 5.92 Å². The second kappa shape index (κ2) is 11.1. The van der Waals surface area contributed by atoms with Gasteiger partial charge in [0.2, 0.25) is 5.91 Å². The maximum atomic E-state index is 11.3. The number of hydrogen-bond acceptors (Lipinski definition) is 3. The molecule has 1 saturated heterocycles. The predicted octanol–water partition coefficient (Wildman–Crippen LogP) is 3.10. The summed E-state index contributed by atoms with van der Waals surface area (Å²) in [5.41, 5.74) is 6.66. The summed E-state index contributed by atoms with van der Waals surface area (Å²) in [6.07, 6.45) is 8.84. The van der Waals surface area contributed by atoms with Crippen LogP contribution in [-0.2, 0) is 11.2 Å². The first-order valence-electron chi connectivity index (χ1n) is 11.2. The molecule has 2 aliphatic rings. The van der Waals surface area contributed by atoms with Crippen molar-refractivity contribution in [1.29, 1.82) is 0 Å². The number of nitrogens with two attached hydrogens (primary N) is 1. The lowest BCUT2D eigenvalue weighted by atomic mass is 9.95. The summed E-state index contributed by atoms with van der Waals surface area (Å²) in [5, 5.41) is 3.40. The molecule has 3 rings (SSSR count). The zero-order valence-corrected chi connectivity index (χ0v) is 17.7. The summed E-state index contributed by atoms with van der Waals surface area (Å²) < 4.78 is 6.04. The van der Waals surface area contributed by atoms with Gasteiger partial charge in [-0.05, 0) is 75.5 Å². The zero-order chi connectivity index (χ0) is 20.5. The molecule has 1 aliphatic carbocycles. The Morgan fingerprint density at radius 3 is 2.66 bits per heavy atom. The third kappa shape index (κ3) is 6.94. The maximum absolute atomic E-state index is 11.3. The van der Waals surface area contributed by atoms with Gasteiger partial charge in [0.05, 0.1) is 6.10 Å². The van der Waals surface area contributed by atoms with E-state index in [1.54, 1.807) is 0 Å². The molecule has 1 unspecified atom stereocenters. The SMILES string of the molecule is CCNC(=NCCc1ccc(OC2CCCC2)cc1)N1CCCC(CC(N)=O)C1. The van der Waals surface area contributed by atoms with Gasteiger partial charge in [0.25, 0.3) is 0 Å². The molecule has 1 aromatic carbocycles. The number of primary amides is 1. The molecule has 0 spiro atoms. The number of nitrogens with zero attached hydrogens (tertiary/aromatic N) is 2. The van der Waals surface area contributed by atoms with Crippen molar-refractivity contribution in [2.45, 2.75) is 64.4 Å². The monoisotopic (exact) mass is 400 g/mol. The van der Waals surface area contributed by atoms with Gasteiger partial charge in [0.15, 0.2) is 5.96 Å². The van der Waals surface area contributed by atoms with Crippen molar-refractivity contribution in [2.75, 3.05) is 26.2 Å². The van der Waals surface area contributed by atoms with Gasteiger partial charge < -0.3 is 20.7 Å². The van der Waals surface area contributed by atoms with Gasteiger partial charge in [0, 0.05) is 32.6 Å². The number of guanidine groups is 1. The van der Waals surface area contributed by atoms with Crippen LogP contribution in [0.15, 0.2) is 29.3 Å². The van der Waals surface area contributed by atoms with Gasteiger partial charge in [-0.25, -0.2) is 0 Å². The molecule has 0 bridgehead atoms. The Hall–Kier alpha value is -2.24. The van der Waals surface area contributed by atoms with Gasteiger partial charge in [-0.2, -0.15) is 0 Å². The third-order valence-electron chi connectivity index (χ3n) is 5.83. The largest absolute Gasteiger partial charge is 0.490 e. The summed E-state index contributed by atoms with van der Waals surface area (Å²) in [6, 6.07) is 8.47. The van der Waals surface area contributed by atoms with E-state index in [1.165, 1.54) is 31.2 Å². The first-order chi connectivity index (χ1) is 14.1. The van der Waals surface area contributed by atoms with Crippen LogP contribution >= 0.6 is 0 Å². The Bertz CT molecular complexity index is 668. The van der Waals surface area contributed by atoms with Crippen molar-refractivity contribution in [3.8, 4) is 5.75 Å². The van der Waals surface area contributed by atoms with Crippen LogP contribution in [0.2, 0.25) is 0 Å². The number of nitrogens with one attached hydrogen (secondary N) is 1. The fourth-order valence-electron chi connectivity index (χ4n) is 4.36. The molecule has 1 saturated carbocycles. The van der Waals surface area contributed by atoms with Crippen LogP contribution in [0.3, 0.4) is 0 Å². The Labute approximate surface area is 174 Å². The van der Waals surface area contributed by atoms with E-state index < -0.39 is 0 Å². The lowest BCUT2D eigenvalue weighted by Crippen LogP contribution is -2.47. The van der Waals surface area contributed by atoms with Crippen LogP contribution in [0.25, 0.3) is 0 Å². The molecule has 1 amide bonds. The van der Waals surface area contributed by atoms with Gasteiger partial charge in [-0.1, -0.05) is 12.1 Å². The molecule has 6 heteroatoms. The molecule has 1 atom stereocenters. The number of ether oxygens (including phenoxy) is 1. The van der Waals surface area contributed by atoms with Crippen LogP contribution in [-0.4, -0.2) is 49.0 Å². The molecule has 3 N–H and O–H groups in total. The summed E-state index contributed by atoms with van der Waals surface area (Å²) in [4.78, 5) is 18.4. The highest BCUT2D eigenvalue weighted by Crippen LogP contribution is 2.24. The number of aliphatic imine (C=N–C) groups is 1. The van der Waals surface area contributed by atoms with Crippen molar-refractivity contribution < 1.29 is 9.53 Å². The Morgan fingerprint density at radius 2 is 1.97 bits per heavy atom. The van der Waals surface area contributed by atoms with E-state index in [4.69, 9.17) is 15.5 Å². The second-order valence-corrected chi connectivity index (χ2v) is 8.28. The Balaban J connectivity index is 1.51. The third-order valence-corrected chi connectivity index (χ3v) is 5.83. The number of piperidine rings is 1. The first-order valence-corrected chi connectivity index (χ1v) is 11.2. The fourth-order valence-corrected chi connectivity index (χ4v) is 4.36. The van der Waals surface area contributed by atoms with Crippen molar-refractivity contribution in [2.24, 2.45) is 16.6 Å². The predicted molar refractivity (Wildman–Crippen MR) is 117 cm³/mol. The smallest absolute Gasteiger partial charge is 0.217 e. The summed E-state index contributed by atoms with van der Waals surface area (Å²) in [7, 11) is 0. The van der Waals surface area contributed by atoms with Crippen LogP contribution in [0.4, 0.5) is 0 Å². The highest BCUT2D eigenvalue weighted by Gasteiger charge is 2.23. The van der Waals surface area contributed by atoms with E-state index >= 15 is 0 Å². The lowest BCUT2D eigenvalue weighted by molar-refractivity contribution is -0.119. The topological polar surface area (TPSA) is 80.0 Å². The molecule has 1 aromatic rings. The van der Waals surface area contributed by atoms with Gasteiger partial charge in [0.1, 0.15) is 5.75 Å². The van der Waals surface area contributed by atoms with Crippen LogP contribution in [0.5, 0.6) is 5.75 Å². The molecule has 1 heterocycles. The number of amides is 1. The standard InChI is InChI=1S/C23H36N4O2/c1-2-25-23(27-15-5-6-19(17-27)16-22(24)28)26-14-13-18-9-11-21(12-10-18)29-20-7-3-4-8-20/h9-12,19-20H,2-8,13-17H2,1H3,(H2,24,28)(H,25,26). The van der Waals surface area contributed by atoms with Crippen molar-refractivity contribution in [3.63, 3.8) is 0 Å². The summed E-state index contributed by atoms with van der Waals surface area (Å²) >= 11 is 0. The molecule has 1 aliphatic heterocycles. The van der Waals surface area contributed by atoms with E-state index in [1.807, 2.05) is 0 Å². The fraction of sp³-hybridized carbons (Fsp3) is 0.652. The number of carbonyl (C=O) groups is 1. The number of benzene rings is 1. The molecule has 29 heavy (non-hydrogen) atoms. The van der Waals surface area contributed by atoms with Crippen molar-refractivity contribution >= 4 is 11.9 Å². The van der Waals surface area contributed by atoms with E-state index in [0.717, 1.165) is 57.2 Å². The van der Waals surface area contributed by atoms with Crippen molar-refractivity contribution in [1.82, 2.24) is 10.2 Å². The molecule has 2 fully saturated rings. The summed E-state index contributed by atoms with van der Waals surface area (Å²) in [6.45, 7) is 5.49. The Kier molecular flexibility index (Phi) is 8.20. The Morgan fingerprint density at radius 1 is 1.21 bits per heavy atom. The highest BCUT2D eigenvalue weighted by molar-refractivity contribution is 5.80. The van der Waals surface area contributed by atoms with Gasteiger partial charge in [-0.15, -0.1) is 0 Å². The molecule has 160 valence electrons. The summed E-state index contributed by atoms with van der Waals surface area (Å²) in [5.74, 6) is 2.05. The minimum Gasteiger partial charge on any atom is -0.490 e. The zero-order valence-electron chi connectivity index (χ0n) is 17.7. The van der Waals surface area contributed by atoms with Crippen LogP contribution in [0.1, 0.15) is 57.4 Å². The molecule has 0 radical (unpaired) electrons. The average molecular weight is 401 g/mol. The normalized spacial score (nSPS) is 20.7. The van der Waals surface area contributed by atoms with E-state index in [2.05, 4.69) is 41.4 Å². The number of likely N-dealkylation sites (tertiary alicyclic amines) is 1. The van der Waals surface area contributed by atoms with E-state index in [-0.39, 0.29) is 5.91 Å². The highest BCUT2D eigenvalue weighted by atomic mass is 16.5. The lowest BCUT2D eigenvalue weighted by Gasteiger charge is -2.34. The first kappa shape index (κ1) is 21.5. The van der Waals surface area contributed by atoms with Crippen LogP contribution < -0.4 is 15.8 Å². The molecular weight excluding hydrogens is 364 g/mol. The quantitative estimate of drug-likeness (QED) is 0.519. The van der Waals surface area contributed by atoms with Gasteiger partial charge >= 0.3 is 0 Å². The maximum Gasteiger partial charge on any atom is 0.217 e. The second-order valence-electron chi connectivity index (χ2n) is 8.28. The van der Waals surface area contributed by atoms with E-state index in [0.29, 0.717) is 18.4 Å². The number of rotatable bonds is 8. The van der Waals surface area contributed by atoms with Gasteiger partial charge in [-0.3, -0.25) is 9.79 Å². The molecule has 6 nitrogen and oxygen atoms in total. The minimum absolute atomic E-state index is 0.209. The average Bonchev–Trinajstić information content (AvgIpc) is 3.21. The van der Waals surface area contributed by atoms with E-state index in [9.17, 15) is 4.79 Å².